The van der Waals surface area contributed by atoms with Gasteiger partial charge in [0.2, 0.25) is 0 Å². The summed E-state index contributed by atoms with van der Waals surface area (Å²) >= 11 is 0. The summed E-state index contributed by atoms with van der Waals surface area (Å²) in [6, 6.07) is 0. The Morgan fingerprint density at radius 2 is 1.58 bits per heavy atom. The lowest BCUT2D eigenvalue weighted by Crippen LogP contribution is -2.22. The summed E-state index contributed by atoms with van der Waals surface area (Å²) in [5, 5.41) is 24.7. The zero-order chi connectivity index (χ0) is 17.7. The quantitative estimate of drug-likeness (QED) is 0.584. The second kappa shape index (κ2) is 20.4. The van der Waals surface area contributed by atoms with Gasteiger partial charge in [0.15, 0.2) is 6.29 Å². The first-order valence-corrected chi connectivity index (χ1v) is 9.17. The van der Waals surface area contributed by atoms with Gasteiger partial charge in [-0.2, -0.15) is 0 Å². The number of hydrogen-bond donors (Lipinski definition) is 3. The van der Waals surface area contributed by atoms with Crippen molar-refractivity contribution in [2.45, 2.75) is 64.1 Å². The third-order valence-electron chi connectivity index (χ3n) is 3.39. The Morgan fingerprint density at radius 3 is 2.00 bits per heavy atom. The van der Waals surface area contributed by atoms with E-state index in [2.05, 4.69) is 0 Å². The summed E-state index contributed by atoms with van der Waals surface area (Å²) in [6.07, 6.45) is 12.8. The molecule has 1 saturated heterocycles. The molecule has 0 spiro atoms. The second-order valence-electron chi connectivity index (χ2n) is 5.64. The first-order valence-electron chi connectivity index (χ1n) is 9.17. The van der Waals surface area contributed by atoms with Gasteiger partial charge in [0.25, 0.3) is 0 Å². The average molecular weight is 348 g/mol. The first kappa shape index (κ1) is 23.3. The Kier molecular flexibility index (Phi) is 19.8. The molecule has 0 aromatic carbocycles. The fraction of sp³-hybridized carbons (Fsp3) is 0.889. The molecule has 0 amide bonds. The minimum atomic E-state index is 0.0254. The van der Waals surface area contributed by atoms with E-state index in [4.69, 9.17) is 29.5 Å². The highest BCUT2D eigenvalue weighted by Crippen LogP contribution is 2.13. The molecule has 0 aromatic rings. The second-order valence-corrected chi connectivity index (χ2v) is 5.64. The number of aliphatic hydroxyl groups excluding tert-OH is 3. The topological polar surface area (TPSA) is 88.4 Å². The predicted octanol–water partition coefficient (Wildman–Crippen LogP) is 2.36. The lowest BCUT2D eigenvalue weighted by molar-refractivity contribution is -0.163. The minimum Gasteiger partial charge on any atom is -0.502 e. The van der Waals surface area contributed by atoms with E-state index in [9.17, 15) is 0 Å². The molecule has 1 fully saturated rings. The van der Waals surface area contributed by atoms with Crippen molar-refractivity contribution >= 4 is 0 Å². The van der Waals surface area contributed by atoms with Gasteiger partial charge in [-0.1, -0.05) is 0 Å². The van der Waals surface area contributed by atoms with Crippen molar-refractivity contribution in [2.24, 2.45) is 0 Å². The van der Waals surface area contributed by atoms with Crippen LogP contribution in [0.15, 0.2) is 12.3 Å². The van der Waals surface area contributed by atoms with Crippen LogP contribution in [0.4, 0.5) is 0 Å². The van der Waals surface area contributed by atoms with Gasteiger partial charge in [0.1, 0.15) is 0 Å². The molecule has 6 nitrogen and oxygen atoms in total. The molecule has 2 aliphatic rings. The van der Waals surface area contributed by atoms with E-state index in [1.54, 1.807) is 6.26 Å². The Hall–Kier alpha value is -0.660. The van der Waals surface area contributed by atoms with E-state index in [0.29, 0.717) is 6.61 Å². The summed E-state index contributed by atoms with van der Waals surface area (Å²) < 4.78 is 15.7. The van der Waals surface area contributed by atoms with Crippen LogP contribution >= 0.6 is 0 Å². The van der Waals surface area contributed by atoms with E-state index in [1.807, 2.05) is 6.08 Å². The maximum atomic E-state index is 8.52. The van der Waals surface area contributed by atoms with Crippen molar-refractivity contribution < 1.29 is 29.5 Å². The van der Waals surface area contributed by atoms with Crippen LogP contribution in [-0.4, -0.2) is 61.3 Å². The molecular weight excluding hydrogens is 312 g/mol. The summed E-state index contributed by atoms with van der Waals surface area (Å²) in [6.45, 7) is 3.11. The number of unbranched alkanes of at least 4 members (excludes halogenated alkanes) is 2. The smallest absolute Gasteiger partial charge is 0.157 e. The van der Waals surface area contributed by atoms with Crippen molar-refractivity contribution in [3.8, 4) is 0 Å². The Labute approximate surface area is 146 Å². The minimum absolute atomic E-state index is 0.0254. The van der Waals surface area contributed by atoms with Crippen molar-refractivity contribution in [3.05, 3.63) is 12.3 Å². The van der Waals surface area contributed by atoms with Crippen LogP contribution in [0.3, 0.4) is 0 Å². The van der Waals surface area contributed by atoms with Crippen LogP contribution in [0.5, 0.6) is 0 Å². The molecule has 0 saturated carbocycles. The van der Waals surface area contributed by atoms with Crippen LogP contribution in [0, 0.1) is 0 Å². The summed E-state index contributed by atoms with van der Waals surface area (Å²) in [5.74, 6) is 0. The Balaban J connectivity index is 0.000000371. The maximum Gasteiger partial charge on any atom is 0.157 e. The van der Waals surface area contributed by atoms with Crippen LogP contribution in [0.2, 0.25) is 0 Å². The lowest BCUT2D eigenvalue weighted by Gasteiger charge is -2.22. The van der Waals surface area contributed by atoms with Crippen LogP contribution in [0.1, 0.15) is 57.8 Å². The van der Waals surface area contributed by atoms with E-state index >= 15 is 0 Å². The van der Waals surface area contributed by atoms with Gasteiger partial charge < -0.3 is 29.5 Å². The Bertz CT molecular complexity index is 242. The van der Waals surface area contributed by atoms with Crippen molar-refractivity contribution in [1.29, 1.82) is 0 Å². The van der Waals surface area contributed by atoms with Crippen molar-refractivity contribution in [2.75, 3.05) is 39.6 Å². The monoisotopic (exact) mass is 348 g/mol. The van der Waals surface area contributed by atoms with Crippen LogP contribution < -0.4 is 0 Å². The largest absolute Gasteiger partial charge is 0.502 e. The van der Waals surface area contributed by atoms with Gasteiger partial charge in [-0.05, 0) is 63.9 Å². The molecule has 24 heavy (non-hydrogen) atoms. The first-order chi connectivity index (χ1) is 11.8. The highest BCUT2D eigenvalue weighted by Gasteiger charge is 2.12. The Morgan fingerprint density at radius 1 is 0.875 bits per heavy atom. The number of ether oxygens (including phenoxy) is 3. The molecule has 2 heterocycles. The van der Waals surface area contributed by atoms with E-state index in [1.165, 1.54) is 19.3 Å². The fourth-order valence-corrected chi connectivity index (χ4v) is 1.98. The van der Waals surface area contributed by atoms with Crippen molar-refractivity contribution in [3.63, 3.8) is 0 Å². The van der Waals surface area contributed by atoms with Gasteiger partial charge in [-0.3, -0.25) is 0 Å². The van der Waals surface area contributed by atoms with Crippen LogP contribution in [0.25, 0.3) is 0 Å². The summed E-state index contributed by atoms with van der Waals surface area (Å²) in [4.78, 5) is 0. The summed E-state index contributed by atoms with van der Waals surface area (Å²) in [7, 11) is 0. The molecule has 0 radical (unpaired) electrons. The number of rotatable bonds is 8. The molecule has 0 bridgehead atoms. The third-order valence-corrected chi connectivity index (χ3v) is 3.39. The van der Waals surface area contributed by atoms with Gasteiger partial charge >= 0.3 is 0 Å². The SMILES string of the molecule is C1=COCCC1.OCCCCO.OCCCCOC1CCCCO1. The zero-order valence-electron chi connectivity index (χ0n) is 14.9. The van der Waals surface area contributed by atoms with E-state index in [0.717, 1.165) is 51.7 Å². The molecule has 1 atom stereocenters. The average Bonchev–Trinajstić information content (AvgIpc) is 2.67. The maximum absolute atomic E-state index is 8.52. The van der Waals surface area contributed by atoms with Gasteiger partial charge in [-0.25, -0.2) is 0 Å². The van der Waals surface area contributed by atoms with Gasteiger partial charge in [0, 0.05) is 33.0 Å². The molecule has 2 aliphatic heterocycles. The normalized spacial score (nSPS) is 19.4. The molecule has 1 unspecified atom stereocenters. The third kappa shape index (κ3) is 17.7. The molecule has 6 heteroatoms. The molecule has 0 aromatic heterocycles. The molecular formula is C18H36O6. The fourth-order valence-electron chi connectivity index (χ4n) is 1.98. The van der Waals surface area contributed by atoms with Gasteiger partial charge in [0.05, 0.1) is 12.9 Å². The van der Waals surface area contributed by atoms with Crippen molar-refractivity contribution in [1.82, 2.24) is 0 Å². The van der Waals surface area contributed by atoms with E-state index < -0.39 is 0 Å². The van der Waals surface area contributed by atoms with Gasteiger partial charge in [-0.15, -0.1) is 0 Å². The molecule has 3 N–H and O–H groups in total. The highest BCUT2D eigenvalue weighted by atomic mass is 16.7. The van der Waals surface area contributed by atoms with E-state index in [-0.39, 0.29) is 26.1 Å². The molecule has 144 valence electrons. The van der Waals surface area contributed by atoms with Crippen LogP contribution in [-0.2, 0) is 14.2 Å². The zero-order valence-corrected chi connectivity index (χ0v) is 14.9. The number of hydrogen-bond acceptors (Lipinski definition) is 6. The number of allylic oxidation sites excluding steroid dienone is 1. The number of aliphatic hydroxyl groups is 3. The summed E-state index contributed by atoms with van der Waals surface area (Å²) in [5.41, 5.74) is 0. The molecule has 2 rings (SSSR count). The standard InChI is InChI=1S/C9H18O3.C5H8O.C4H10O2/c10-6-2-4-8-12-9-5-1-3-7-11-9;1-2-4-6-5-3-1;5-3-1-2-4-6/h9-10H,1-8H2;2,4H,1,3,5H2;5-6H,1-4H2. The highest BCUT2D eigenvalue weighted by molar-refractivity contribution is 4.76. The predicted molar refractivity (Wildman–Crippen MR) is 93.6 cm³/mol. The molecule has 0 aliphatic carbocycles. The lowest BCUT2D eigenvalue weighted by atomic mass is 10.2.